The highest BCUT2D eigenvalue weighted by atomic mass is 127. The van der Waals surface area contributed by atoms with Crippen molar-refractivity contribution in [3.8, 4) is 0 Å². The van der Waals surface area contributed by atoms with Crippen molar-refractivity contribution in [3.63, 3.8) is 0 Å². The van der Waals surface area contributed by atoms with Crippen molar-refractivity contribution >= 4 is 79.6 Å². The second kappa shape index (κ2) is 8.85. The zero-order valence-electron chi connectivity index (χ0n) is 11.9. The summed E-state index contributed by atoms with van der Waals surface area (Å²) in [5, 5.41) is 2.79. The number of carbonyl (C=O) groups excluding carboxylic acids is 2. The maximum absolute atomic E-state index is 12.5. The summed E-state index contributed by atoms with van der Waals surface area (Å²) in [5.41, 5.74) is 0.588. The van der Waals surface area contributed by atoms with E-state index in [-0.39, 0.29) is 11.8 Å². The molecule has 1 unspecified atom stereocenters. The number of carbonyl (C=O) groups is 2. The van der Waals surface area contributed by atoms with Crippen LogP contribution < -0.4 is 5.32 Å². The third-order valence-corrected chi connectivity index (χ3v) is 6.40. The zero-order valence-corrected chi connectivity index (χ0v) is 18.3. The van der Waals surface area contributed by atoms with Crippen LogP contribution in [0.1, 0.15) is 30.6 Å². The number of benzene rings is 1. The molecule has 116 valence electrons. The molecule has 4 nitrogen and oxygen atoms in total. The predicted molar refractivity (Wildman–Crippen MR) is 107 cm³/mol. The highest BCUT2D eigenvalue weighted by Gasteiger charge is 2.24. The Morgan fingerprint density at radius 3 is 2.38 bits per heavy atom. The van der Waals surface area contributed by atoms with Crippen molar-refractivity contribution in [1.82, 2.24) is 5.32 Å². The van der Waals surface area contributed by atoms with Gasteiger partial charge in [-0.2, -0.15) is 0 Å². The van der Waals surface area contributed by atoms with Crippen LogP contribution in [0, 0.1) is 16.6 Å². The molecule has 1 atom stereocenters. The first-order valence-electron chi connectivity index (χ1n) is 6.29. The summed E-state index contributed by atoms with van der Waals surface area (Å²) >= 11 is 6.52. The Bertz CT molecular complexity index is 547. The van der Waals surface area contributed by atoms with E-state index in [1.54, 1.807) is 0 Å². The molecule has 0 spiro atoms. The van der Waals surface area contributed by atoms with Crippen molar-refractivity contribution in [2.75, 3.05) is 7.11 Å². The monoisotopic (exact) mass is 627 g/mol. The van der Waals surface area contributed by atoms with E-state index in [2.05, 4.69) is 73.1 Å². The third-order valence-electron chi connectivity index (χ3n) is 2.74. The first-order valence-corrected chi connectivity index (χ1v) is 9.53. The molecule has 1 amide bonds. The number of methoxy groups -OCH3 is 1. The minimum absolute atomic E-state index is 0.244. The summed E-state index contributed by atoms with van der Waals surface area (Å²) in [6.45, 7) is 4.00. The lowest BCUT2D eigenvalue weighted by molar-refractivity contribution is -0.143. The largest absolute Gasteiger partial charge is 0.467 e. The lowest BCUT2D eigenvalue weighted by atomic mass is 10.0. The SMILES string of the molecule is COC(=O)C(CC(C)C)NC(=O)c1cc(I)cc(I)c1I. The van der Waals surface area contributed by atoms with E-state index in [0.29, 0.717) is 12.0 Å². The van der Waals surface area contributed by atoms with Crippen LogP contribution in [-0.4, -0.2) is 25.0 Å². The molecule has 1 rings (SSSR count). The van der Waals surface area contributed by atoms with Crippen molar-refractivity contribution in [2.45, 2.75) is 26.3 Å². The summed E-state index contributed by atoms with van der Waals surface area (Å²) in [6.07, 6.45) is 0.552. The molecule has 0 radical (unpaired) electrons. The maximum Gasteiger partial charge on any atom is 0.328 e. The molecule has 21 heavy (non-hydrogen) atoms. The molecular formula is C14H16I3NO3. The molecule has 0 saturated heterocycles. The molecule has 0 fully saturated rings. The van der Waals surface area contributed by atoms with Crippen LogP contribution in [0.5, 0.6) is 0 Å². The molecule has 1 aromatic carbocycles. The molecular weight excluding hydrogens is 611 g/mol. The Morgan fingerprint density at radius 1 is 1.24 bits per heavy atom. The van der Waals surface area contributed by atoms with Crippen molar-refractivity contribution in [2.24, 2.45) is 5.92 Å². The normalized spacial score (nSPS) is 12.1. The Morgan fingerprint density at radius 2 is 1.86 bits per heavy atom. The van der Waals surface area contributed by atoms with E-state index >= 15 is 0 Å². The van der Waals surface area contributed by atoms with Crippen molar-refractivity contribution < 1.29 is 14.3 Å². The number of hydrogen-bond acceptors (Lipinski definition) is 3. The van der Waals surface area contributed by atoms with Crippen LogP contribution >= 0.6 is 67.8 Å². The van der Waals surface area contributed by atoms with Crippen LogP contribution in [0.15, 0.2) is 12.1 Å². The van der Waals surface area contributed by atoms with Gasteiger partial charge in [0.1, 0.15) is 6.04 Å². The Kier molecular flexibility index (Phi) is 8.17. The Balaban J connectivity index is 2.99. The molecule has 7 heteroatoms. The predicted octanol–water partition coefficient (Wildman–Crippen LogP) is 3.82. The highest BCUT2D eigenvalue weighted by Crippen LogP contribution is 2.23. The van der Waals surface area contributed by atoms with Crippen LogP contribution in [0.25, 0.3) is 0 Å². The standard InChI is InChI=1S/C14H16I3NO3/c1-7(2)4-11(14(20)21-3)18-13(19)9-5-8(15)6-10(16)12(9)17/h5-7,11H,4H2,1-3H3,(H,18,19). The van der Waals surface area contributed by atoms with E-state index in [1.165, 1.54) is 7.11 Å². The number of esters is 1. The zero-order chi connectivity index (χ0) is 16.2. The fraction of sp³-hybridized carbons (Fsp3) is 0.429. The first kappa shape index (κ1) is 19.4. The molecule has 0 aromatic heterocycles. The topological polar surface area (TPSA) is 55.4 Å². The Hall–Kier alpha value is 0.350. The molecule has 0 saturated carbocycles. The second-order valence-electron chi connectivity index (χ2n) is 4.93. The summed E-state index contributed by atoms with van der Waals surface area (Å²) < 4.78 is 7.66. The number of hydrogen-bond donors (Lipinski definition) is 1. The van der Waals surface area contributed by atoms with Gasteiger partial charge in [-0.1, -0.05) is 13.8 Å². The van der Waals surface area contributed by atoms with Crippen LogP contribution in [-0.2, 0) is 9.53 Å². The molecule has 0 aliphatic heterocycles. The minimum atomic E-state index is -0.617. The van der Waals surface area contributed by atoms with Crippen molar-refractivity contribution in [1.29, 1.82) is 0 Å². The van der Waals surface area contributed by atoms with Gasteiger partial charge in [0.15, 0.2) is 0 Å². The van der Waals surface area contributed by atoms with E-state index in [1.807, 2.05) is 26.0 Å². The van der Waals surface area contributed by atoms with E-state index in [0.717, 1.165) is 10.7 Å². The number of nitrogens with one attached hydrogen (secondary N) is 1. The fourth-order valence-electron chi connectivity index (χ4n) is 1.78. The molecule has 0 aliphatic carbocycles. The summed E-state index contributed by atoms with van der Waals surface area (Å²) in [7, 11) is 1.33. The maximum atomic E-state index is 12.5. The van der Waals surface area contributed by atoms with Gasteiger partial charge < -0.3 is 10.1 Å². The minimum Gasteiger partial charge on any atom is -0.467 e. The fourth-order valence-corrected chi connectivity index (χ4v) is 4.19. The lowest BCUT2D eigenvalue weighted by Gasteiger charge is -2.19. The third kappa shape index (κ3) is 5.81. The lowest BCUT2D eigenvalue weighted by Crippen LogP contribution is -2.42. The van der Waals surface area contributed by atoms with Crippen LogP contribution in [0.2, 0.25) is 0 Å². The summed E-state index contributed by atoms with van der Waals surface area (Å²) in [6, 6.07) is 3.21. The summed E-state index contributed by atoms with van der Waals surface area (Å²) in [5.74, 6) is -0.371. The molecule has 0 bridgehead atoms. The Labute approximate surface area is 165 Å². The van der Waals surface area contributed by atoms with Gasteiger partial charge in [-0.15, -0.1) is 0 Å². The van der Waals surface area contributed by atoms with Gasteiger partial charge >= 0.3 is 5.97 Å². The molecule has 0 heterocycles. The van der Waals surface area contributed by atoms with Gasteiger partial charge in [-0.3, -0.25) is 4.79 Å². The molecule has 1 aromatic rings. The average molecular weight is 627 g/mol. The van der Waals surface area contributed by atoms with Crippen molar-refractivity contribution in [3.05, 3.63) is 28.4 Å². The number of ether oxygens (including phenoxy) is 1. The van der Waals surface area contributed by atoms with E-state index < -0.39 is 12.0 Å². The van der Waals surface area contributed by atoms with Crippen LogP contribution in [0.4, 0.5) is 0 Å². The highest BCUT2D eigenvalue weighted by molar-refractivity contribution is 14.1. The first-order chi connectivity index (χ1) is 9.76. The molecule has 1 N–H and O–H groups in total. The van der Waals surface area contributed by atoms with Crippen LogP contribution in [0.3, 0.4) is 0 Å². The summed E-state index contributed by atoms with van der Waals surface area (Å²) in [4.78, 5) is 24.2. The number of rotatable bonds is 5. The van der Waals surface area contributed by atoms with Gasteiger partial charge in [-0.05, 0) is 92.2 Å². The van der Waals surface area contributed by atoms with Gasteiger partial charge in [0.25, 0.3) is 5.91 Å². The smallest absolute Gasteiger partial charge is 0.328 e. The molecule has 0 aliphatic rings. The van der Waals surface area contributed by atoms with Gasteiger partial charge in [0, 0.05) is 10.7 Å². The van der Waals surface area contributed by atoms with E-state index in [9.17, 15) is 9.59 Å². The average Bonchev–Trinajstić information content (AvgIpc) is 2.40. The van der Waals surface area contributed by atoms with Gasteiger partial charge in [0.2, 0.25) is 0 Å². The van der Waals surface area contributed by atoms with Gasteiger partial charge in [0.05, 0.1) is 12.7 Å². The number of amides is 1. The quantitative estimate of drug-likeness (QED) is 0.307. The van der Waals surface area contributed by atoms with Gasteiger partial charge in [-0.25, -0.2) is 4.79 Å². The second-order valence-corrected chi connectivity index (χ2v) is 8.41. The van der Waals surface area contributed by atoms with E-state index in [4.69, 9.17) is 4.74 Å². The number of halogens is 3.